The summed E-state index contributed by atoms with van der Waals surface area (Å²) in [5, 5.41) is 9.34. The maximum atomic E-state index is 11.0. The number of carbonyl (C=O) groups excluding carboxylic acids is 1. The zero-order valence-electron chi connectivity index (χ0n) is 8.86. The fourth-order valence-electron chi connectivity index (χ4n) is 1.10. The Labute approximate surface area is 89.0 Å². The van der Waals surface area contributed by atoms with Crippen molar-refractivity contribution in [2.24, 2.45) is 0 Å². The zero-order chi connectivity index (χ0) is 11.3. The Morgan fingerprint density at radius 3 is 2.87 bits per heavy atom. The van der Waals surface area contributed by atoms with E-state index in [1.165, 1.54) is 19.3 Å². The van der Waals surface area contributed by atoms with Crippen molar-refractivity contribution in [1.82, 2.24) is 0 Å². The maximum absolute atomic E-state index is 11.0. The highest BCUT2D eigenvalue weighted by atomic mass is 16.5. The number of rotatable bonds is 4. The van der Waals surface area contributed by atoms with E-state index < -0.39 is 0 Å². The van der Waals surface area contributed by atoms with Crippen LogP contribution in [0.25, 0.3) is 6.08 Å². The number of methoxy groups -OCH3 is 1. The molecule has 15 heavy (non-hydrogen) atoms. The molecule has 1 aromatic carbocycles. The highest BCUT2D eigenvalue weighted by Gasteiger charge is 2.00. The van der Waals surface area contributed by atoms with Gasteiger partial charge in [0.05, 0.1) is 7.11 Å². The highest BCUT2D eigenvalue weighted by Crippen LogP contribution is 2.26. The number of hydrogen-bond donors (Lipinski definition) is 1. The molecule has 0 heterocycles. The van der Waals surface area contributed by atoms with Gasteiger partial charge in [0.25, 0.3) is 0 Å². The molecule has 0 radical (unpaired) electrons. The average Bonchev–Trinajstić information content (AvgIpc) is 2.27. The maximum Gasteiger partial charge on any atom is 0.161 e. The van der Waals surface area contributed by atoms with Crippen molar-refractivity contribution in [2.75, 3.05) is 7.11 Å². The lowest BCUT2D eigenvalue weighted by molar-refractivity contribution is -0.114. The molecule has 3 heteroatoms. The van der Waals surface area contributed by atoms with Gasteiger partial charge in [-0.25, -0.2) is 0 Å². The Morgan fingerprint density at radius 1 is 1.53 bits per heavy atom. The second-order valence-corrected chi connectivity index (χ2v) is 3.08. The number of allylic oxidation sites excluding steroid dienone is 1. The van der Waals surface area contributed by atoms with Crippen LogP contribution in [0.1, 0.15) is 18.9 Å². The molecular formula is C12H14O3. The summed E-state index contributed by atoms with van der Waals surface area (Å²) in [6.45, 7) is 1.81. The SMILES string of the molecule is CCC(=O)/C=C/c1ccc(O)c(OC)c1. The third-order valence-corrected chi connectivity index (χ3v) is 2.01. The van der Waals surface area contributed by atoms with Crippen LogP contribution in [0.15, 0.2) is 24.3 Å². The van der Waals surface area contributed by atoms with Crippen LogP contribution in [0.3, 0.4) is 0 Å². The number of hydrogen-bond acceptors (Lipinski definition) is 3. The molecule has 0 aliphatic heterocycles. The molecule has 0 atom stereocenters. The first-order chi connectivity index (χ1) is 7.17. The fraction of sp³-hybridized carbons (Fsp3) is 0.250. The normalized spacial score (nSPS) is 10.5. The van der Waals surface area contributed by atoms with Gasteiger partial charge in [0, 0.05) is 6.42 Å². The van der Waals surface area contributed by atoms with E-state index in [1.807, 2.05) is 6.92 Å². The molecular weight excluding hydrogens is 192 g/mol. The zero-order valence-corrected chi connectivity index (χ0v) is 8.86. The first-order valence-electron chi connectivity index (χ1n) is 4.75. The molecule has 1 aromatic rings. The van der Waals surface area contributed by atoms with Crippen LogP contribution in [0.5, 0.6) is 11.5 Å². The topological polar surface area (TPSA) is 46.5 Å². The Bertz CT molecular complexity index is 380. The van der Waals surface area contributed by atoms with Gasteiger partial charge < -0.3 is 9.84 Å². The fourth-order valence-corrected chi connectivity index (χ4v) is 1.10. The lowest BCUT2D eigenvalue weighted by Gasteiger charge is -2.03. The van der Waals surface area contributed by atoms with Gasteiger partial charge in [-0.05, 0) is 23.8 Å². The van der Waals surface area contributed by atoms with Crippen LogP contribution in [-0.4, -0.2) is 18.0 Å². The number of aromatic hydroxyl groups is 1. The van der Waals surface area contributed by atoms with E-state index in [-0.39, 0.29) is 11.5 Å². The molecule has 0 aliphatic rings. The van der Waals surface area contributed by atoms with Crippen molar-refractivity contribution < 1.29 is 14.6 Å². The lowest BCUT2D eigenvalue weighted by atomic mass is 10.1. The molecule has 0 aliphatic carbocycles. The number of phenolic OH excluding ortho intramolecular Hbond substituents is 1. The van der Waals surface area contributed by atoms with Crippen molar-refractivity contribution >= 4 is 11.9 Å². The molecule has 0 fully saturated rings. The summed E-state index contributed by atoms with van der Waals surface area (Å²) >= 11 is 0. The molecule has 0 amide bonds. The van der Waals surface area contributed by atoms with Crippen LogP contribution >= 0.6 is 0 Å². The summed E-state index contributed by atoms with van der Waals surface area (Å²) in [6, 6.07) is 4.93. The van der Waals surface area contributed by atoms with Gasteiger partial charge in [0.2, 0.25) is 0 Å². The minimum absolute atomic E-state index is 0.0713. The number of benzene rings is 1. The molecule has 3 nitrogen and oxygen atoms in total. The molecule has 0 unspecified atom stereocenters. The van der Waals surface area contributed by atoms with Gasteiger partial charge >= 0.3 is 0 Å². The van der Waals surface area contributed by atoms with Crippen LogP contribution in [0.4, 0.5) is 0 Å². The number of ether oxygens (including phenoxy) is 1. The number of carbonyl (C=O) groups is 1. The smallest absolute Gasteiger partial charge is 0.161 e. The quantitative estimate of drug-likeness (QED) is 0.769. The average molecular weight is 206 g/mol. The second-order valence-electron chi connectivity index (χ2n) is 3.08. The summed E-state index contributed by atoms with van der Waals surface area (Å²) < 4.78 is 4.95. The van der Waals surface area contributed by atoms with Gasteiger partial charge in [-0.15, -0.1) is 0 Å². The number of phenols is 1. The van der Waals surface area contributed by atoms with E-state index in [0.717, 1.165) is 5.56 Å². The van der Waals surface area contributed by atoms with Gasteiger partial charge in [-0.1, -0.05) is 19.1 Å². The van der Waals surface area contributed by atoms with Crippen LogP contribution in [0.2, 0.25) is 0 Å². The molecule has 1 N–H and O–H groups in total. The van der Waals surface area contributed by atoms with Crippen molar-refractivity contribution in [2.45, 2.75) is 13.3 Å². The Hall–Kier alpha value is -1.77. The van der Waals surface area contributed by atoms with Gasteiger partial charge in [0.1, 0.15) is 0 Å². The van der Waals surface area contributed by atoms with E-state index in [9.17, 15) is 9.90 Å². The first kappa shape index (κ1) is 11.3. The summed E-state index contributed by atoms with van der Waals surface area (Å²) in [7, 11) is 1.49. The van der Waals surface area contributed by atoms with E-state index in [2.05, 4.69) is 0 Å². The lowest BCUT2D eigenvalue weighted by Crippen LogP contribution is -1.87. The predicted molar refractivity (Wildman–Crippen MR) is 59.0 cm³/mol. The molecule has 0 bridgehead atoms. The number of ketones is 1. The molecule has 1 rings (SSSR count). The summed E-state index contributed by atoms with van der Waals surface area (Å²) in [5.41, 5.74) is 0.825. The largest absolute Gasteiger partial charge is 0.504 e. The van der Waals surface area contributed by atoms with Crippen molar-refractivity contribution in [3.8, 4) is 11.5 Å². The molecule has 0 aromatic heterocycles. The molecule has 0 spiro atoms. The summed E-state index contributed by atoms with van der Waals surface area (Å²) in [4.78, 5) is 11.0. The Kier molecular flexibility index (Phi) is 3.92. The Morgan fingerprint density at radius 2 is 2.27 bits per heavy atom. The van der Waals surface area contributed by atoms with E-state index in [0.29, 0.717) is 12.2 Å². The second kappa shape index (κ2) is 5.20. The highest BCUT2D eigenvalue weighted by molar-refractivity contribution is 5.93. The third-order valence-electron chi connectivity index (χ3n) is 2.01. The predicted octanol–water partition coefficient (Wildman–Crippen LogP) is 2.39. The summed E-state index contributed by atoms with van der Waals surface area (Å²) in [6.07, 6.45) is 3.71. The van der Waals surface area contributed by atoms with Gasteiger partial charge in [0.15, 0.2) is 17.3 Å². The standard InChI is InChI=1S/C12H14O3/c1-3-10(13)6-4-9-5-7-11(14)12(8-9)15-2/h4-8,14H,3H2,1-2H3/b6-4+. The third kappa shape index (κ3) is 3.13. The van der Waals surface area contributed by atoms with Crippen molar-refractivity contribution in [3.63, 3.8) is 0 Å². The molecule has 80 valence electrons. The van der Waals surface area contributed by atoms with E-state index in [1.54, 1.807) is 18.2 Å². The minimum atomic E-state index is 0.0713. The van der Waals surface area contributed by atoms with Crippen LogP contribution in [-0.2, 0) is 4.79 Å². The molecule has 0 saturated heterocycles. The van der Waals surface area contributed by atoms with Crippen molar-refractivity contribution in [1.29, 1.82) is 0 Å². The molecule has 0 saturated carbocycles. The van der Waals surface area contributed by atoms with E-state index in [4.69, 9.17) is 4.74 Å². The first-order valence-corrected chi connectivity index (χ1v) is 4.75. The van der Waals surface area contributed by atoms with Crippen LogP contribution < -0.4 is 4.74 Å². The van der Waals surface area contributed by atoms with Crippen molar-refractivity contribution in [3.05, 3.63) is 29.8 Å². The van der Waals surface area contributed by atoms with Crippen LogP contribution in [0, 0.1) is 0 Å². The summed E-state index contributed by atoms with van der Waals surface area (Å²) in [5.74, 6) is 0.569. The van der Waals surface area contributed by atoms with Gasteiger partial charge in [-0.2, -0.15) is 0 Å². The van der Waals surface area contributed by atoms with Gasteiger partial charge in [-0.3, -0.25) is 4.79 Å². The Balaban J connectivity index is 2.87. The minimum Gasteiger partial charge on any atom is -0.504 e. The van der Waals surface area contributed by atoms with E-state index >= 15 is 0 Å². The monoisotopic (exact) mass is 206 g/mol.